The smallest absolute Gasteiger partial charge is 0.339 e. The lowest BCUT2D eigenvalue weighted by atomic mass is 9.73. The van der Waals surface area contributed by atoms with E-state index in [-0.39, 0.29) is 24.2 Å². The number of benzene rings is 1. The fraction of sp³-hybridized carbons (Fsp3) is 0.304. The second kappa shape index (κ2) is 12.0. The number of ether oxygens (including phenoxy) is 4. The summed E-state index contributed by atoms with van der Waals surface area (Å²) in [5.41, 5.74) is -1.93. The Labute approximate surface area is 181 Å². The van der Waals surface area contributed by atoms with Crippen LogP contribution in [-0.2, 0) is 23.8 Å². The number of esters is 2. The summed E-state index contributed by atoms with van der Waals surface area (Å²) < 4.78 is 20.4. The van der Waals surface area contributed by atoms with Crippen LogP contribution < -0.4 is 4.74 Å². The molecule has 1 aromatic carbocycles. The lowest BCUT2D eigenvalue weighted by molar-refractivity contribution is -0.154. The molecule has 1 atom stereocenters. The van der Waals surface area contributed by atoms with Gasteiger partial charge in [0.15, 0.2) is 11.5 Å². The number of methoxy groups -OCH3 is 3. The Morgan fingerprint density at radius 2 is 1.68 bits per heavy atom. The van der Waals surface area contributed by atoms with Gasteiger partial charge in [-0.25, -0.2) is 9.59 Å². The topological polar surface area (TPSA) is 119 Å². The molecule has 0 amide bonds. The average molecular weight is 424 g/mol. The van der Waals surface area contributed by atoms with Gasteiger partial charge < -0.3 is 18.9 Å². The molecule has 0 heterocycles. The highest BCUT2D eigenvalue weighted by atomic mass is 16.6. The zero-order chi connectivity index (χ0) is 23.4. The molecule has 0 spiro atoms. The molecule has 0 saturated heterocycles. The fourth-order valence-corrected chi connectivity index (χ4v) is 2.93. The lowest BCUT2D eigenvalue weighted by Gasteiger charge is -2.27. The van der Waals surface area contributed by atoms with Crippen LogP contribution in [0.4, 0.5) is 0 Å². The highest BCUT2D eigenvalue weighted by molar-refractivity contribution is 6.06. The number of allylic oxidation sites excluding steroid dienone is 2. The third-order valence-electron chi connectivity index (χ3n) is 4.37. The first-order valence-corrected chi connectivity index (χ1v) is 9.10. The molecule has 0 aliphatic carbocycles. The van der Waals surface area contributed by atoms with E-state index in [1.165, 1.54) is 19.3 Å². The maximum absolute atomic E-state index is 12.9. The highest BCUT2D eigenvalue weighted by Crippen LogP contribution is 2.42. The van der Waals surface area contributed by atoms with Gasteiger partial charge in [0.1, 0.15) is 5.75 Å². The predicted octanol–water partition coefficient (Wildman–Crippen LogP) is 2.98. The molecule has 162 valence electrons. The summed E-state index contributed by atoms with van der Waals surface area (Å²) in [6.07, 6.45) is 1.06. The first-order valence-electron chi connectivity index (χ1n) is 9.10. The molecule has 0 radical (unpaired) electrons. The number of nitrogens with zero attached hydrogens (tertiary/aromatic N) is 2. The van der Waals surface area contributed by atoms with Crippen LogP contribution in [0.2, 0.25) is 0 Å². The van der Waals surface area contributed by atoms with E-state index in [0.717, 1.165) is 14.2 Å². The first kappa shape index (κ1) is 25.2. The highest BCUT2D eigenvalue weighted by Gasteiger charge is 2.43. The lowest BCUT2D eigenvalue weighted by Crippen LogP contribution is -2.35. The van der Waals surface area contributed by atoms with Gasteiger partial charge in [0, 0.05) is 12.0 Å². The number of rotatable bonds is 11. The van der Waals surface area contributed by atoms with E-state index < -0.39 is 23.5 Å². The molecule has 0 N–H and O–H groups in total. The molecule has 31 heavy (non-hydrogen) atoms. The molecule has 0 aliphatic rings. The third-order valence-corrected chi connectivity index (χ3v) is 4.37. The Morgan fingerprint density at radius 1 is 1.06 bits per heavy atom. The third kappa shape index (κ3) is 5.59. The second-order valence-corrected chi connectivity index (χ2v) is 6.16. The molecule has 0 aromatic heterocycles. The maximum Gasteiger partial charge on any atom is 0.339 e. The van der Waals surface area contributed by atoms with E-state index in [2.05, 4.69) is 13.2 Å². The summed E-state index contributed by atoms with van der Waals surface area (Å²) in [7, 11) is 3.72. The summed E-state index contributed by atoms with van der Waals surface area (Å²) >= 11 is 0. The van der Waals surface area contributed by atoms with Crippen molar-refractivity contribution < 1.29 is 28.5 Å². The van der Waals surface area contributed by atoms with Crippen LogP contribution in [0.15, 0.2) is 55.1 Å². The molecule has 1 rings (SSSR count). The molecule has 0 bridgehead atoms. The minimum atomic E-state index is -1.87. The van der Waals surface area contributed by atoms with Gasteiger partial charge in [-0.2, -0.15) is 10.5 Å². The van der Waals surface area contributed by atoms with Gasteiger partial charge in [0.2, 0.25) is 0 Å². The molecule has 8 heteroatoms. The monoisotopic (exact) mass is 424 g/mol. The minimum absolute atomic E-state index is 0.0497. The van der Waals surface area contributed by atoms with Crippen LogP contribution in [0.3, 0.4) is 0 Å². The zero-order valence-corrected chi connectivity index (χ0v) is 17.7. The Balaban J connectivity index is 4.12. The van der Waals surface area contributed by atoms with Crippen molar-refractivity contribution in [3.05, 3.63) is 60.7 Å². The molecular formula is C23H24N2O6. The van der Waals surface area contributed by atoms with Gasteiger partial charge in [-0.1, -0.05) is 24.3 Å². The van der Waals surface area contributed by atoms with Crippen LogP contribution in [-0.4, -0.2) is 46.0 Å². The fourth-order valence-electron chi connectivity index (χ4n) is 2.93. The molecule has 0 saturated carbocycles. The van der Waals surface area contributed by atoms with Gasteiger partial charge in [-0.15, -0.1) is 13.2 Å². The molecule has 0 fully saturated rings. The molecule has 8 nitrogen and oxygen atoms in total. The van der Waals surface area contributed by atoms with E-state index in [1.807, 2.05) is 12.1 Å². The Kier molecular flexibility index (Phi) is 9.71. The van der Waals surface area contributed by atoms with Crippen LogP contribution in [0.5, 0.6) is 5.75 Å². The van der Waals surface area contributed by atoms with Crippen LogP contribution in [0.25, 0.3) is 5.57 Å². The van der Waals surface area contributed by atoms with Crippen LogP contribution >= 0.6 is 0 Å². The summed E-state index contributed by atoms with van der Waals surface area (Å²) in [4.78, 5) is 25.4. The van der Waals surface area contributed by atoms with Crippen molar-refractivity contribution in [1.82, 2.24) is 0 Å². The Hall–Kier alpha value is -3.88. The SMILES string of the molecule is C=CCOC(C(=O)OC)/C(C(=O)OC)=C(\c1ccc(OC)cc1)C(C#N)(C#N)CC=C. The van der Waals surface area contributed by atoms with Crippen molar-refractivity contribution >= 4 is 17.5 Å². The average Bonchev–Trinajstić information content (AvgIpc) is 2.81. The van der Waals surface area contributed by atoms with E-state index in [9.17, 15) is 20.1 Å². The van der Waals surface area contributed by atoms with Gasteiger partial charge in [0.25, 0.3) is 0 Å². The minimum Gasteiger partial charge on any atom is -0.497 e. The molecule has 1 unspecified atom stereocenters. The summed E-state index contributed by atoms with van der Waals surface area (Å²) in [6.45, 7) is 7.04. The number of hydrogen-bond donors (Lipinski definition) is 0. The largest absolute Gasteiger partial charge is 0.497 e. The number of carbonyl (C=O) groups excluding carboxylic acids is 2. The predicted molar refractivity (Wildman–Crippen MR) is 112 cm³/mol. The van der Waals surface area contributed by atoms with Gasteiger partial charge in [-0.3, -0.25) is 0 Å². The van der Waals surface area contributed by atoms with E-state index in [0.29, 0.717) is 11.3 Å². The van der Waals surface area contributed by atoms with Gasteiger partial charge in [0.05, 0.1) is 45.6 Å². The van der Waals surface area contributed by atoms with Crippen molar-refractivity contribution in [3.63, 3.8) is 0 Å². The van der Waals surface area contributed by atoms with E-state index in [4.69, 9.17) is 18.9 Å². The number of nitriles is 2. The molecular weight excluding hydrogens is 400 g/mol. The first-order chi connectivity index (χ1) is 14.9. The van der Waals surface area contributed by atoms with Crippen molar-refractivity contribution in [3.8, 4) is 17.9 Å². The van der Waals surface area contributed by atoms with Crippen molar-refractivity contribution in [2.75, 3.05) is 27.9 Å². The van der Waals surface area contributed by atoms with Gasteiger partial charge in [-0.05, 0) is 17.7 Å². The van der Waals surface area contributed by atoms with Crippen molar-refractivity contribution in [1.29, 1.82) is 10.5 Å². The molecule has 0 aliphatic heterocycles. The number of hydrogen-bond acceptors (Lipinski definition) is 8. The summed E-state index contributed by atoms with van der Waals surface area (Å²) in [6, 6.07) is 10.2. The zero-order valence-electron chi connectivity index (χ0n) is 17.7. The van der Waals surface area contributed by atoms with Gasteiger partial charge >= 0.3 is 11.9 Å². The summed E-state index contributed by atoms with van der Waals surface area (Å²) in [5.74, 6) is -1.35. The quantitative estimate of drug-likeness (QED) is 0.302. The van der Waals surface area contributed by atoms with Crippen molar-refractivity contribution in [2.24, 2.45) is 5.41 Å². The second-order valence-electron chi connectivity index (χ2n) is 6.16. The van der Waals surface area contributed by atoms with E-state index >= 15 is 0 Å². The Morgan fingerprint density at radius 3 is 2.10 bits per heavy atom. The normalized spacial score (nSPS) is 12.3. The van der Waals surface area contributed by atoms with Crippen LogP contribution in [0.1, 0.15) is 12.0 Å². The number of carbonyl (C=O) groups is 2. The molecule has 1 aromatic rings. The maximum atomic E-state index is 12.9. The summed E-state index contributed by atoms with van der Waals surface area (Å²) in [5, 5.41) is 20.0. The standard InChI is InChI=1S/C23H24N2O6/c1-6-12-23(14-24,15-25)19(16-8-10-17(28-3)11-9-16)18(21(26)29-4)20(22(27)30-5)31-13-7-2/h6-11,20H,1-2,12-13H2,3-5H3/b19-18-. The Bertz CT molecular complexity index is 920. The van der Waals surface area contributed by atoms with Crippen molar-refractivity contribution in [2.45, 2.75) is 12.5 Å². The van der Waals surface area contributed by atoms with Crippen LogP contribution in [0, 0.1) is 28.1 Å². The van der Waals surface area contributed by atoms with E-state index in [1.54, 1.807) is 24.3 Å².